The third kappa shape index (κ3) is 4.97. The first-order chi connectivity index (χ1) is 8.27. The smallest absolute Gasteiger partial charge is 0.251 e. The molecule has 1 rings (SSSR count). The van der Waals surface area contributed by atoms with Crippen molar-refractivity contribution in [2.75, 3.05) is 26.8 Å². The summed E-state index contributed by atoms with van der Waals surface area (Å²) in [6.07, 6.45) is 0. The van der Waals surface area contributed by atoms with Crippen LogP contribution in [0.3, 0.4) is 0 Å². The van der Waals surface area contributed by atoms with Gasteiger partial charge in [-0.15, -0.1) is 0 Å². The van der Waals surface area contributed by atoms with Crippen LogP contribution < -0.4 is 10.6 Å². The van der Waals surface area contributed by atoms with Crippen molar-refractivity contribution in [2.45, 2.75) is 13.5 Å². The Kier molecular flexibility index (Phi) is 6.29. The topological polar surface area (TPSA) is 50.4 Å². The van der Waals surface area contributed by atoms with Crippen LogP contribution in [0.5, 0.6) is 0 Å². The molecule has 4 heteroatoms. The molecule has 0 aliphatic carbocycles. The van der Waals surface area contributed by atoms with E-state index in [1.54, 1.807) is 7.05 Å². The number of nitrogens with one attached hydrogen (secondary N) is 2. The van der Waals surface area contributed by atoms with Gasteiger partial charge in [0, 0.05) is 32.3 Å². The van der Waals surface area contributed by atoms with Crippen LogP contribution in [0.4, 0.5) is 0 Å². The average molecular weight is 236 g/mol. The van der Waals surface area contributed by atoms with E-state index in [0.29, 0.717) is 5.56 Å². The molecule has 0 saturated heterocycles. The van der Waals surface area contributed by atoms with Crippen LogP contribution in [0, 0.1) is 0 Å². The lowest BCUT2D eigenvalue weighted by Crippen LogP contribution is -2.20. The zero-order chi connectivity index (χ0) is 12.5. The Morgan fingerprint density at radius 3 is 2.59 bits per heavy atom. The second kappa shape index (κ2) is 7.81. The number of carbonyl (C=O) groups is 1. The molecule has 17 heavy (non-hydrogen) atoms. The molecule has 0 radical (unpaired) electrons. The summed E-state index contributed by atoms with van der Waals surface area (Å²) in [7, 11) is 1.63. The summed E-state index contributed by atoms with van der Waals surface area (Å²) in [6.45, 7) is 5.10. The van der Waals surface area contributed by atoms with Gasteiger partial charge in [-0.1, -0.05) is 12.1 Å². The van der Waals surface area contributed by atoms with Gasteiger partial charge >= 0.3 is 0 Å². The van der Waals surface area contributed by atoms with Crippen LogP contribution in [0.15, 0.2) is 24.3 Å². The van der Waals surface area contributed by atoms with E-state index >= 15 is 0 Å². The van der Waals surface area contributed by atoms with E-state index in [9.17, 15) is 4.79 Å². The summed E-state index contributed by atoms with van der Waals surface area (Å²) >= 11 is 0. The summed E-state index contributed by atoms with van der Waals surface area (Å²) < 4.78 is 5.22. The molecule has 0 unspecified atom stereocenters. The Balaban J connectivity index is 2.33. The van der Waals surface area contributed by atoms with Crippen molar-refractivity contribution >= 4 is 5.91 Å². The fourth-order valence-corrected chi connectivity index (χ4v) is 1.44. The first-order valence-corrected chi connectivity index (χ1v) is 5.87. The summed E-state index contributed by atoms with van der Waals surface area (Å²) in [6, 6.07) is 7.58. The number of benzene rings is 1. The van der Waals surface area contributed by atoms with E-state index < -0.39 is 0 Å². The van der Waals surface area contributed by atoms with Gasteiger partial charge in [0.25, 0.3) is 5.91 Å². The van der Waals surface area contributed by atoms with Crippen LogP contribution in [0.1, 0.15) is 22.8 Å². The standard InChI is InChI=1S/C13H20N2O2/c1-3-17-9-8-15-10-11-4-6-12(7-5-11)13(16)14-2/h4-7,15H,3,8-10H2,1-2H3,(H,14,16). The maximum Gasteiger partial charge on any atom is 0.251 e. The van der Waals surface area contributed by atoms with Crippen molar-refractivity contribution in [1.82, 2.24) is 10.6 Å². The Hall–Kier alpha value is -1.39. The molecule has 1 amide bonds. The van der Waals surface area contributed by atoms with E-state index in [1.165, 1.54) is 0 Å². The van der Waals surface area contributed by atoms with Gasteiger partial charge in [0.15, 0.2) is 0 Å². The third-order valence-corrected chi connectivity index (χ3v) is 2.40. The van der Waals surface area contributed by atoms with Crippen molar-refractivity contribution in [2.24, 2.45) is 0 Å². The summed E-state index contributed by atoms with van der Waals surface area (Å²) in [5.41, 5.74) is 1.85. The SMILES string of the molecule is CCOCCNCc1ccc(C(=O)NC)cc1. The highest BCUT2D eigenvalue weighted by atomic mass is 16.5. The summed E-state index contributed by atoms with van der Waals surface area (Å²) in [5, 5.41) is 5.87. The zero-order valence-corrected chi connectivity index (χ0v) is 10.5. The lowest BCUT2D eigenvalue weighted by atomic mass is 10.1. The Morgan fingerprint density at radius 1 is 1.29 bits per heavy atom. The van der Waals surface area contributed by atoms with E-state index in [4.69, 9.17) is 4.74 Å². The van der Waals surface area contributed by atoms with Gasteiger partial charge in [-0.3, -0.25) is 4.79 Å². The molecule has 0 aliphatic heterocycles. The number of ether oxygens (including phenoxy) is 1. The molecule has 94 valence electrons. The number of carbonyl (C=O) groups excluding carboxylic acids is 1. The summed E-state index contributed by atoms with van der Waals surface area (Å²) in [4.78, 5) is 11.3. The molecular formula is C13H20N2O2. The third-order valence-electron chi connectivity index (χ3n) is 2.40. The quantitative estimate of drug-likeness (QED) is 0.699. The van der Waals surface area contributed by atoms with Gasteiger partial charge in [0.2, 0.25) is 0 Å². The van der Waals surface area contributed by atoms with E-state index in [2.05, 4.69) is 10.6 Å². The molecule has 1 aromatic carbocycles. The van der Waals surface area contributed by atoms with Crippen molar-refractivity contribution in [3.8, 4) is 0 Å². The molecule has 0 spiro atoms. The molecule has 0 atom stereocenters. The van der Waals surface area contributed by atoms with Gasteiger partial charge in [-0.2, -0.15) is 0 Å². The minimum Gasteiger partial charge on any atom is -0.380 e. The van der Waals surface area contributed by atoms with Gasteiger partial charge in [-0.05, 0) is 24.6 Å². The molecule has 0 saturated carbocycles. The Labute approximate surface area is 102 Å². The highest BCUT2D eigenvalue weighted by Crippen LogP contribution is 2.03. The van der Waals surface area contributed by atoms with Gasteiger partial charge in [0.1, 0.15) is 0 Å². The van der Waals surface area contributed by atoms with Crippen LogP contribution in [-0.2, 0) is 11.3 Å². The van der Waals surface area contributed by atoms with Crippen LogP contribution in [0.2, 0.25) is 0 Å². The van der Waals surface area contributed by atoms with E-state index in [1.807, 2.05) is 31.2 Å². The average Bonchev–Trinajstić information content (AvgIpc) is 2.38. The highest BCUT2D eigenvalue weighted by molar-refractivity contribution is 5.93. The van der Waals surface area contributed by atoms with E-state index in [-0.39, 0.29) is 5.91 Å². The second-order valence-corrected chi connectivity index (χ2v) is 3.65. The molecule has 1 aromatic rings. The van der Waals surface area contributed by atoms with Gasteiger partial charge in [-0.25, -0.2) is 0 Å². The predicted octanol–water partition coefficient (Wildman–Crippen LogP) is 1.17. The normalized spacial score (nSPS) is 10.2. The second-order valence-electron chi connectivity index (χ2n) is 3.65. The zero-order valence-electron chi connectivity index (χ0n) is 10.5. The first-order valence-electron chi connectivity index (χ1n) is 5.87. The van der Waals surface area contributed by atoms with E-state index in [0.717, 1.165) is 31.9 Å². The van der Waals surface area contributed by atoms with Crippen molar-refractivity contribution in [1.29, 1.82) is 0 Å². The predicted molar refractivity (Wildman–Crippen MR) is 68.0 cm³/mol. The number of hydrogen-bond acceptors (Lipinski definition) is 3. The lowest BCUT2D eigenvalue weighted by molar-refractivity contribution is 0.0963. The molecule has 0 heterocycles. The summed E-state index contributed by atoms with van der Waals surface area (Å²) in [5.74, 6) is -0.0548. The van der Waals surface area contributed by atoms with Gasteiger partial charge < -0.3 is 15.4 Å². The molecule has 4 nitrogen and oxygen atoms in total. The molecule has 0 aliphatic rings. The van der Waals surface area contributed by atoms with Crippen molar-refractivity contribution in [3.63, 3.8) is 0 Å². The number of hydrogen-bond donors (Lipinski definition) is 2. The molecule has 0 bridgehead atoms. The minimum atomic E-state index is -0.0548. The van der Waals surface area contributed by atoms with Crippen LogP contribution in [0.25, 0.3) is 0 Å². The minimum absolute atomic E-state index is 0.0548. The number of rotatable bonds is 7. The van der Waals surface area contributed by atoms with Crippen LogP contribution >= 0.6 is 0 Å². The molecular weight excluding hydrogens is 216 g/mol. The Morgan fingerprint density at radius 2 is 2.00 bits per heavy atom. The molecule has 0 fully saturated rings. The fourth-order valence-electron chi connectivity index (χ4n) is 1.44. The maximum absolute atomic E-state index is 11.3. The lowest BCUT2D eigenvalue weighted by Gasteiger charge is -2.06. The maximum atomic E-state index is 11.3. The van der Waals surface area contributed by atoms with Gasteiger partial charge in [0.05, 0.1) is 6.61 Å². The monoisotopic (exact) mass is 236 g/mol. The fraction of sp³-hybridized carbons (Fsp3) is 0.462. The largest absolute Gasteiger partial charge is 0.380 e. The molecule has 2 N–H and O–H groups in total. The number of amides is 1. The first kappa shape index (κ1) is 13.7. The Bertz CT molecular complexity index is 336. The molecule has 0 aromatic heterocycles. The van der Waals surface area contributed by atoms with Crippen LogP contribution in [-0.4, -0.2) is 32.7 Å². The van der Waals surface area contributed by atoms with Crippen molar-refractivity contribution < 1.29 is 9.53 Å². The highest BCUT2D eigenvalue weighted by Gasteiger charge is 2.01. The van der Waals surface area contributed by atoms with Crippen molar-refractivity contribution in [3.05, 3.63) is 35.4 Å².